The van der Waals surface area contributed by atoms with E-state index in [2.05, 4.69) is 35.6 Å². The summed E-state index contributed by atoms with van der Waals surface area (Å²) in [5.74, 6) is 1.90. The minimum Gasteiger partial charge on any atom is -0.360 e. The van der Waals surface area contributed by atoms with Crippen LogP contribution in [0.2, 0.25) is 0 Å². The van der Waals surface area contributed by atoms with Crippen LogP contribution in [0.3, 0.4) is 0 Å². The van der Waals surface area contributed by atoms with E-state index in [-0.39, 0.29) is 11.2 Å². The molecular weight excluding hydrogens is 272 g/mol. The van der Waals surface area contributed by atoms with Gasteiger partial charge in [0.2, 0.25) is 5.91 Å². The summed E-state index contributed by atoms with van der Waals surface area (Å²) in [5.41, 5.74) is 2.46. The molecule has 1 aromatic carbocycles. The highest BCUT2D eigenvalue weighted by molar-refractivity contribution is 7.99. The lowest BCUT2D eigenvalue weighted by Gasteiger charge is -2.10. The van der Waals surface area contributed by atoms with Crippen LogP contribution in [-0.4, -0.2) is 16.3 Å². The third kappa shape index (κ3) is 4.13. The summed E-state index contributed by atoms with van der Waals surface area (Å²) in [6.45, 7) is 5.75. The number of nitrogens with one attached hydrogen (secondary N) is 1. The lowest BCUT2D eigenvalue weighted by molar-refractivity contribution is -0.115. The van der Waals surface area contributed by atoms with Crippen molar-refractivity contribution in [2.24, 2.45) is 0 Å². The lowest BCUT2D eigenvalue weighted by Crippen LogP contribution is -2.22. The largest absolute Gasteiger partial charge is 0.360 e. The first kappa shape index (κ1) is 14.7. The molecule has 1 heterocycles. The lowest BCUT2D eigenvalue weighted by atomic mass is 10.2. The van der Waals surface area contributed by atoms with E-state index in [1.165, 1.54) is 11.1 Å². The molecule has 0 saturated carbocycles. The predicted octanol–water partition coefficient (Wildman–Crippen LogP) is 3.55. The molecule has 0 fully saturated rings. The van der Waals surface area contributed by atoms with E-state index in [1.54, 1.807) is 24.8 Å². The minimum absolute atomic E-state index is 0.0593. The van der Waals surface area contributed by atoms with Gasteiger partial charge in [0.05, 0.1) is 5.25 Å². The molecule has 0 aliphatic heterocycles. The maximum atomic E-state index is 12.0. The van der Waals surface area contributed by atoms with Crippen molar-refractivity contribution >= 4 is 23.5 Å². The molecular formula is C15H18N2O2S. The van der Waals surface area contributed by atoms with Crippen LogP contribution in [0.1, 0.15) is 23.8 Å². The standard InChI is InChI=1S/C15H18N2O2S/c1-10-5-4-6-13(7-10)9-20-12(3)15(18)16-14-8-11(2)19-17-14/h4-8,12H,9H2,1-3H3,(H,16,17,18). The Labute approximate surface area is 122 Å². The quantitative estimate of drug-likeness (QED) is 0.915. The Hall–Kier alpha value is -1.75. The topological polar surface area (TPSA) is 55.1 Å². The first-order chi connectivity index (χ1) is 9.54. The second-order valence-electron chi connectivity index (χ2n) is 4.75. The minimum atomic E-state index is -0.146. The normalized spacial score (nSPS) is 12.2. The fraction of sp³-hybridized carbons (Fsp3) is 0.333. The number of thioether (sulfide) groups is 1. The van der Waals surface area contributed by atoms with Crippen molar-refractivity contribution in [2.75, 3.05) is 5.32 Å². The first-order valence-corrected chi connectivity index (χ1v) is 7.51. The maximum absolute atomic E-state index is 12.0. The maximum Gasteiger partial charge on any atom is 0.238 e. The van der Waals surface area contributed by atoms with Gasteiger partial charge in [-0.3, -0.25) is 4.79 Å². The average Bonchev–Trinajstić information content (AvgIpc) is 2.81. The smallest absolute Gasteiger partial charge is 0.238 e. The zero-order chi connectivity index (χ0) is 14.5. The molecule has 2 aromatic rings. The van der Waals surface area contributed by atoms with Crippen molar-refractivity contribution in [1.82, 2.24) is 5.16 Å². The molecule has 1 aromatic heterocycles. The highest BCUT2D eigenvalue weighted by Crippen LogP contribution is 2.20. The van der Waals surface area contributed by atoms with Crippen molar-refractivity contribution in [2.45, 2.75) is 31.8 Å². The Morgan fingerprint density at radius 1 is 1.40 bits per heavy atom. The Morgan fingerprint density at radius 3 is 2.85 bits per heavy atom. The number of benzene rings is 1. The van der Waals surface area contributed by atoms with Crippen LogP contribution in [0, 0.1) is 13.8 Å². The van der Waals surface area contributed by atoms with Crippen LogP contribution in [0.15, 0.2) is 34.9 Å². The van der Waals surface area contributed by atoms with Gasteiger partial charge in [-0.15, -0.1) is 11.8 Å². The fourth-order valence-corrected chi connectivity index (χ4v) is 2.58. The summed E-state index contributed by atoms with van der Waals surface area (Å²) in [6, 6.07) is 10.0. The Balaban J connectivity index is 1.85. The van der Waals surface area contributed by atoms with Crippen molar-refractivity contribution < 1.29 is 9.32 Å². The average molecular weight is 290 g/mol. The van der Waals surface area contributed by atoms with Crippen molar-refractivity contribution in [3.8, 4) is 0 Å². The predicted molar refractivity (Wildman–Crippen MR) is 81.8 cm³/mol. The van der Waals surface area contributed by atoms with Gasteiger partial charge < -0.3 is 9.84 Å². The number of carbonyl (C=O) groups is 1. The molecule has 1 N–H and O–H groups in total. The summed E-state index contributed by atoms with van der Waals surface area (Å²) < 4.78 is 4.92. The molecule has 0 saturated heterocycles. The van der Waals surface area contributed by atoms with E-state index < -0.39 is 0 Å². The van der Waals surface area contributed by atoms with Gasteiger partial charge in [0.15, 0.2) is 5.82 Å². The van der Waals surface area contributed by atoms with Crippen molar-refractivity contribution in [1.29, 1.82) is 0 Å². The number of anilines is 1. The molecule has 4 nitrogen and oxygen atoms in total. The second-order valence-corrected chi connectivity index (χ2v) is 6.08. The fourth-order valence-electron chi connectivity index (χ4n) is 1.75. The van der Waals surface area contributed by atoms with Gasteiger partial charge in [0.1, 0.15) is 5.76 Å². The Bertz CT molecular complexity index is 595. The summed E-state index contributed by atoms with van der Waals surface area (Å²) in [4.78, 5) is 12.0. The molecule has 0 aliphatic carbocycles. The number of amides is 1. The van der Waals surface area contributed by atoms with Crippen LogP contribution < -0.4 is 5.32 Å². The van der Waals surface area contributed by atoms with Gasteiger partial charge in [-0.1, -0.05) is 35.0 Å². The third-order valence-corrected chi connectivity index (χ3v) is 4.05. The van der Waals surface area contributed by atoms with Crippen LogP contribution >= 0.6 is 11.8 Å². The van der Waals surface area contributed by atoms with Crippen LogP contribution in [0.4, 0.5) is 5.82 Å². The van der Waals surface area contributed by atoms with E-state index in [0.29, 0.717) is 11.6 Å². The summed E-state index contributed by atoms with van der Waals surface area (Å²) >= 11 is 1.60. The first-order valence-electron chi connectivity index (χ1n) is 6.46. The number of aryl methyl sites for hydroxylation is 2. The molecule has 0 bridgehead atoms. The summed E-state index contributed by atoms with van der Waals surface area (Å²) in [6.07, 6.45) is 0. The van der Waals surface area contributed by atoms with E-state index in [0.717, 1.165) is 5.75 Å². The van der Waals surface area contributed by atoms with E-state index in [9.17, 15) is 4.79 Å². The SMILES string of the molecule is Cc1cccc(CSC(C)C(=O)Nc2cc(C)on2)c1. The molecule has 1 atom stereocenters. The molecule has 2 rings (SSSR count). The summed E-state index contributed by atoms with van der Waals surface area (Å²) in [7, 11) is 0. The van der Waals surface area contributed by atoms with Gasteiger partial charge in [0, 0.05) is 11.8 Å². The Kier molecular flexibility index (Phi) is 4.84. The van der Waals surface area contributed by atoms with Crippen LogP contribution in [0.5, 0.6) is 0 Å². The van der Waals surface area contributed by atoms with E-state index in [1.807, 2.05) is 13.0 Å². The molecule has 0 radical (unpaired) electrons. The van der Waals surface area contributed by atoms with Gasteiger partial charge in [-0.05, 0) is 26.3 Å². The number of carbonyl (C=O) groups excluding carboxylic acids is 1. The number of hydrogen-bond donors (Lipinski definition) is 1. The van der Waals surface area contributed by atoms with Gasteiger partial charge in [-0.25, -0.2) is 0 Å². The number of rotatable bonds is 5. The van der Waals surface area contributed by atoms with Crippen molar-refractivity contribution in [3.05, 3.63) is 47.2 Å². The molecule has 106 valence electrons. The number of hydrogen-bond acceptors (Lipinski definition) is 4. The Morgan fingerprint density at radius 2 is 2.20 bits per heavy atom. The van der Waals surface area contributed by atoms with Crippen LogP contribution in [-0.2, 0) is 10.5 Å². The molecule has 0 aliphatic rings. The highest BCUT2D eigenvalue weighted by atomic mass is 32.2. The monoisotopic (exact) mass is 290 g/mol. The van der Waals surface area contributed by atoms with Crippen molar-refractivity contribution in [3.63, 3.8) is 0 Å². The number of nitrogens with zero attached hydrogens (tertiary/aromatic N) is 1. The zero-order valence-electron chi connectivity index (χ0n) is 11.8. The van der Waals surface area contributed by atoms with Crippen LogP contribution in [0.25, 0.3) is 0 Å². The second kappa shape index (κ2) is 6.61. The van der Waals surface area contributed by atoms with E-state index in [4.69, 9.17) is 4.52 Å². The molecule has 1 amide bonds. The molecule has 1 unspecified atom stereocenters. The molecule has 20 heavy (non-hydrogen) atoms. The van der Waals surface area contributed by atoms with Gasteiger partial charge >= 0.3 is 0 Å². The van der Waals surface area contributed by atoms with E-state index >= 15 is 0 Å². The van der Waals surface area contributed by atoms with Gasteiger partial charge in [-0.2, -0.15) is 0 Å². The molecule has 0 spiro atoms. The highest BCUT2D eigenvalue weighted by Gasteiger charge is 2.15. The van der Waals surface area contributed by atoms with Gasteiger partial charge in [0.25, 0.3) is 0 Å². The summed E-state index contributed by atoms with van der Waals surface area (Å²) in [5, 5.41) is 6.35. The molecule has 5 heteroatoms. The third-order valence-electron chi connectivity index (χ3n) is 2.83. The zero-order valence-corrected chi connectivity index (χ0v) is 12.7. The number of aromatic nitrogens is 1.